The maximum absolute atomic E-state index is 5.34. The van der Waals surface area contributed by atoms with Gasteiger partial charge in [0.25, 0.3) is 0 Å². The second-order valence-electron chi connectivity index (χ2n) is 4.23. The smallest absolute Gasteiger partial charge is 0.145 e. The molecule has 1 heterocycles. The van der Waals surface area contributed by atoms with E-state index < -0.39 is 0 Å². The van der Waals surface area contributed by atoms with Gasteiger partial charge in [-0.05, 0) is 30.7 Å². The maximum Gasteiger partial charge on any atom is 0.145 e. The number of aromatic nitrogens is 1. The zero-order valence-corrected chi connectivity index (χ0v) is 11.4. The van der Waals surface area contributed by atoms with E-state index in [4.69, 9.17) is 9.47 Å². The molecule has 0 bridgehead atoms. The largest absolute Gasteiger partial charge is 0.497 e. The highest BCUT2D eigenvalue weighted by molar-refractivity contribution is 5.59. The third-order valence-electron chi connectivity index (χ3n) is 2.86. The summed E-state index contributed by atoms with van der Waals surface area (Å²) in [6, 6.07) is 9.76. The van der Waals surface area contributed by atoms with Crippen LogP contribution in [0.5, 0.6) is 11.5 Å². The molecule has 2 rings (SSSR count). The molecule has 0 saturated heterocycles. The van der Waals surface area contributed by atoms with E-state index in [1.165, 1.54) is 0 Å². The molecule has 4 heteroatoms. The molecular weight excluding hydrogens is 240 g/mol. The van der Waals surface area contributed by atoms with Gasteiger partial charge in [-0.1, -0.05) is 6.07 Å². The van der Waals surface area contributed by atoms with Gasteiger partial charge in [0.05, 0.1) is 19.9 Å². The van der Waals surface area contributed by atoms with Crippen molar-refractivity contribution in [2.75, 3.05) is 19.5 Å². The number of nitrogens with zero attached hydrogens (tertiary/aromatic N) is 1. The van der Waals surface area contributed by atoms with Gasteiger partial charge in [0.15, 0.2) is 0 Å². The van der Waals surface area contributed by atoms with Crippen molar-refractivity contribution in [3.63, 3.8) is 0 Å². The van der Waals surface area contributed by atoms with Crippen molar-refractivity contribution >= 4 is 5.69 Å². The number of hydrogen-bond donors (Lipinski definition) is 1. The molecule has 0 atom stereocenters. The lowest BCUT2D eigenvalue weighted by atomic mass is 10.2. The molecular formula is C15H18N2O2. The fraction of sp³-hybridized carbons (Fsp3) is 0.267. The SMILES string of the molecule is COc1ccc(NCc2ccc(C)nc2)c(OC)c1. The van der Waals surface area contributed by atoms with Crippen LogP contribution in [-0.4, -0.2) is 19.2 Å². The van der Waals surface area contributed by atoms with Gasteiger partial charge in [-0.25, -0.2) is 0 Å². The first-order valence-corrected chi connectivity index (χ1v) is 6.10. The van der Waals surface area contributed by atoms with E-state index in [-0.39, 0.29) is 0 Å². The van der Waals surface area contributed by atoms with Crippen molar-refractivity contribution in [1.29, 1.82) is 0 Å². The number of methoxy groups -OCH3 is 2. The molecule has 0 aliphatic rings. The Bertz CT molecular complexity index is 538. The molecule has 0 fully saturated rings. The third kappa shape index (κ3) is 3.37. The summed E-state index contributed by atoms with van der Waals surface area (Å²) in [4.78, 5) is 4.27. The number of rotatable bonds is 5. The van der Waals surface area contributed by atoms with Crippen LogP contribution >= 0.6 is 0 Å². The number of hydrogen-bond acceptors (Lipinski definition) is 4. The lowest BCUT2D eigenvalue weighted by Gasteiger charge is -2.12. The Morgan fingerprint density at radius 2 is 1.95 bits per heavy atom. The summed E-state index contributed by atoms with van der Waals surface area (Å²) in [5, 5.41) is 3.33. The second-order valence-corrected chi connectivity index (χ2v) is 4.23. The summed E-state index contributed by atoms with van der Waals surface area (Å²) >= 11 is 0. The van der Waals surface area contributed by atoms with Crippen molar-refractivity contribution < 1.29 is 9.47 Å². The Kier molecular flexibility index (Phi) is 4.23. The number of pyridine rings is 1. The number of ether oxygens (including phenoxy) is 2. The minimum absolute atomic E-state index is 0.704. The zero-order valence-electron chi connectivity index (χ0n) is 11.4. The zero-order chi connectivity index (χ0) is 13.7. The Labute approximate surface area is 113 Å². The quantitative estimate of drug-likeness (QED) is 0.895. The summed E-state index contributed by atoms with van der Waals surface area (Å²) in [6.07, 6.45) is 1.87. The van der Waals surface area contributed by atoms with E-state index in [0.717, 1.165) is 28.4 Å². The van der Waals surface area contributed by atoms with Crippen LogP contribution in [-0.2, 0) is 6.54 Å². The molecule has 0 spiro atoms. The van der Waals surface area contributed by atoms with Gasteiger partial charge in [-0.2, -0.15) is 0 Å². The molecule has 0 radical (unpaired) electrons. The van der Waals surface area contributed by atoms with Crippen LogP contribution in [0.25, 0.3) is 0 Å². The molecule has 1 aromatic heterocycles. The Morgan fingerprint density at radius 1 is 1.11 bits per heavy atom. The Morgan fingerprint density at radius 3 is 2.58 bits per heavy atom. The first kappa shape index (κ1) is 13.2. The van der Waals surface area contributed by atoms with Crippen molar-refractivity contribution in [2.45, 2.75) is 13.5 Å². The first-order valence-electron chi connectivity index (χ1n) is 6.10. The van der Waals surface area contributed by atoms with Crippen molar-refractivity contribution in [1.82, 2.24) is 4.98 Å². The van der Waals surface area contributed by atoms with Crippen LogP contribution in [0.4, 0.5) is 5.69 Å². The predicted octanol–water partition coefficient (Wildman–Crippen LogP) is 3.02. The summed E-state index contributed by atoms with van der Waals surface area (Å²) in [6.45, 7) is 2.68. The normalized spacial score (nSPS) is 10.1. The maximum atomic E-state index is 5.34. The third-order valence-corrected chi connectivity index (χ3v) is 2.86. The number of benzene rings is 1. The minimum atomic E-state index is 0.704. The van der Waals surface area contributed by atoms with Crippen LogP contribution in [0.2, 0.25) is 0 Å². The molecule has 0 aliphatic heterocycles. The first-order chi connectivity index (χ1) is 9.22. The van der Waals surface area contributed by atoms with Gasteiger partial charge in [0.1, 0.15) is 11.5 Å². The summed E-state index contributed by atoms with van der Waals surface area (Å²) in [5.74, 6) is 1.54. The average molecular weight is 258 g/mol. The lowest BCUT2D eigenvalue weighted by molar-refractivity contribution is 0.395. The van der Waals surface area contributed by atoms with Crippen LogP contribution in [0.1, 0.15) is 11.3 Å². The van der Waals surface area contributed by atoms with E-state index in [9.17, 15) is 0 Å². The van der Waals surface area contributed by atoms with Crippen LogP contribution < -0.4 is 14.8 Å². The molecule has 0 amide bonds. The standard InChI is InChI=1S/C15H18N2O2/c1-11-4-5-12(9-16-11)10-17-14-7-6-13(18-2)8-15(14)19-3/h4-9,17H,10H2,1-3H3. The van der Waals surface area contributed by atoms with Gasteiger partial charge < -0.3 is 14.8 Å². The molecule has 0 saturated carbocycles. The predicted molar refractivity (Wildman–Crippen MR) is 75.8 cm³/mol. The van der Waals surface area contributed by atoms with E-state index in [1.54, 1.807) is 14.2 Å². The van der Waals surface area contributed by atoms with Crippen molar-refractivity contribution in [3.8, 4) is 11.5 Å². The van der Waals surface area contributed by atoms with Crippen LogP contribution in [0, 0.1) is 6.92 Å². The monoisotopic (exact) mass is 258 g/mol. The molecule has 4 nitrogen and oxygen atoms in total. The van der Waals surface area contributed by atoms with E-state index in [0.29, 0.717) is 6.54 Å². The molecule has 0 unspecified atom stereocenters. The number of anilines is 1. The van der Waals surface area contributed by atoms with Crippen LogP contribution in [0.15, 0.2) is 36.5 Å². The lowest BCUT2D eigenvalue weighted by Crippen LogP contribution is -2.02. The Balaban J connectivity index is 2.08. The Hall–Kier alpha value is -2.23. The fourth-order valence-corrected chi connectivity index (χ4v) is 1.74. The topological polar surface area (TPSA) is 43.4 Å². The van der Waals surface area contributed by atoms with Gasteiger partial charge in [0.2, 0.25) is 0 Å². The van der Waals surface area contributed by atoms with Gasteiger partial charge in [-0.3, -0.25) is 4.98 Å². The van der Waals surface area contributed by atoms with E-state index in [1.807, 2.05) is 37.4 Å². The molecule has 19 heavy (non-hydrogen) atoms. The van der Waals surface area contributed by atoms with Crippen molar-refractivity contribution in [3.05, 3.63) is 47.8 Å². The molecule has 1 aromatic carbocycles. The highest BCUT2D eigenvalue weighted by atomic mass is 16.5. The van der Waals surface area contributed by atoms with Gasteiger partial charge >= 0.3 is 0 Å². The van der Waals surface area contributed by atoms with E-state index >= 15 is 0 Å². The number of aryl methyl sites for hydroxylation is 1. The summed E-state index contributed by atoms with van der Waals surface area (Å²) in [7, 11) is 3.28. The fourth-order valence-electron chi connectivity index (χ4n) is 1.74. The molecule has 0 aliphatic carbocycles. The highest BCUT2D eigenvalue weighted by Crippen LogP contribution is 2.29. The van der Waals surface area contributed by atoms with Crippen LogP contribution in [0.3, 0.4) is 0 Å². The summed E-state index contributed by atoms with van der Waals surface area (Å²) < 4.78 is 10.5. The van der Waals surface area contributed by atoms with Gasteiger partial charge in [0, 0.05) is 24.5 Å². The average Bonchev–Trinajstić information content (AvgIpc) is 2.46. The molecule has 100 valence electrons. The van der Waals surface area contributed by atoms with Crippen molar-refractivity contribution in [2.24, 2.45) is 0 Å². The number of nitrogens with one attached hydrogen (secondary N) is 1. The van der Waals surface area contributed by atoms with Gasteiger partial charge in [-0.15, -0.1) is 0 Å². The highest BCUT2D eigenvalue weighted by Gasteiger charge is 2.04. The molecule has 2 aromatic rings. The minimum Gasteiger partial charge on any atom is -0.497 e. The second kappa shape index (κ2) is 6.09. The summed E-state index contributed by atoms with van der Waals surface area (Å²) in [5.41, 5.74) is 3.08. The van der Waals surface area contributed by atoms with E-state index in [2.05, 4.69) is 16.4 Å². The molecule has 1 N–H and O–H groups in total.